The summed E-state index contributed by atoms with van der Waals surface area (Å²) in [5.41, 5.74) is 1.60. The highest BCUT2D eigenvalue weighted by Gasteiger charge is 2.50. The van der Waals surface area contributed by atoms with Crippen LogP contribution in [0.1, 0.15) is 59.8 Å². The van der Waals surface area contributed by atoms with E-state index in [1.165, 1.54) is 38.2 Å². The van der Waals surface area contributed by atoms with Crippen LogP contribution in [0.25, 0.3) is 0 Å². The van der Waals surface area contributed by atoms with E-state index in [0.29, 0.717) is 23.2 Å². The molecular weight excluding hydrogens is 236 g/mol. The number of carbonyl (C=O) groups is 1. The second-order valence-electron chi connectivity index (χ2n) is 7.16. The molecule has 2 aliphatic rings. The number of esters is 1. The average molecular weight is 264 g/mol. The monoisotopic (exact) mass is 264 g/mol. The third-order valence-electron chi connectivity index (χ3n) is 5.39. The molecule has 0 aromatic heterocycles. The van der Waals surface area contributed by atoms with Gasteiger partial charge in [-0.25, -0.2) is 0 Å². The Morgan fingerprint density at radius 2 is 2.11 bits per heavy atom. The Morgan fingerprint density at radius 1 is 1.42 bits per heavy atom. The zero-order valence-corrected chi connectivity index (χ0v) is 12.9. The number of hydrogen-bond donors (Lipinski definition) is 0. The molecular formula is C17H28O2. The standard InChI is InChI=1S/C17H28O2/c1-11(2)14-8-10-17(5)9-6-7-12(3)15(17)16(14)19-13(4)18/h11,14-16H,3,6-10H2,1-2,4-5H3/t14-,15+,16-,17-/m0/s1. The fourth-order valence-electron chi connectivity index (χ4n) is 4.40. The molecule has 19 heavy (non-hydrogen) atoms. The summed E-state index contributed by atoms with van der Waals surface area (Å²) in [4.78, 5) is 11.5. The molecule has 0 radical (unpaired) electrons. The number of fused-ring (bicyclic) bond motifs is 1. The second-order valence-corrected chi connectivity index (χ2v) is 7.16. The lowest BCUT2D eigenvalue weighted by molar-refractivity contribution is -0.163. The van der Waals surface area contributed by atoms with Gasteiger partial charge in [-0.3, -0.25) is 4.79 Å². The molecule has 108 valence electrons. The second kappa shape index (κ2) is 5.30. The van der Waals surface area contributed by atoms with Gasteiger partial charge in [0.25, 0.3) is 0 Å². The molecule has 2 rings (SSSR count). The Kier molecular flexibility index (Phi) is 4.08. The first kappa shape index (κ1) is 14.6. The molecule has 0 saturated heterocycles. The van der Waals surface area contributed by atoms with Crippen molar-refractivity contribution in [2.75, 3.05) is 0 Å². The van der Waals surface area contributed by atoms with Crippen molar-refractivity contribution in [2.24, 2.45) is 23.2 Å². The molecule has 2 fully saturated rings. The van der Waals surface area contributed by atoms with E-state index in [4.69, 9.17) is 4.74 Å². The van der Waals surface area contributed by atoms with E-state index >= 15 is 0 Å². The van der Waals surface area contributed by atoms with Crippen molar-refractivity contribution < 1.29 is 9.53 Å². The number of hydrogen-bond acceptors (Lipinski definition) is 2. The van der Waals surface area contributed by atoms with Crippen molar-refractivity contribution in [3.05, 3.63) is 12.2 Å². The van der Waals surface area contributed by atoms with E-state index in [9.17, 15) is 4.79 Å². The first-order chi connectivity index (χ1) is 8.85. The van der Waals surface area contributed by atoms with Gasteiger partial charge in [0, 0.05) is 12.8 Å². The van der Waals surface area contributed by atoms with E-state index in [2.05, 4.69) is 27.4 Å². The van der Waals surface area contributed by atoms with E-state index in [1.807, 2.05) is 0 Å². The molecule has 0 unspecified atom stereocenters. The van der Waals surface area contributed by atoms with Gasteiger partial charge >= 0.3 is 5.97 Å². The molecule has 2 aliphatic carbocycles. The molecule has 0 aromatic rings. The minimum Gasteiger partial charge on any atom is -0.462 e. The molecule has 0 spiro atoms. The lowest BCUT2D eigenvalue weighted by atomic mass is 9.54. The Hall–Kier alpha value is -0.790. The lowest BCUT2D eigenvalue weighted by Crippen LogP contribution is -2.50. The number of rotatable bonds is 2. The summed E-state index contributed by atoms with van der Waals surface area (Å²) in [7, 11) is 0. The van der Waals surface area contributed by atoms with Gasteiger partial charge < -0.3 is 4.74 Å². The molecule has 2 heteroatoms. The summed E-state index contributed by atoms with van der Waals surface area (Å²) >= 11 is 0. The molecule has 2 saturated carbocycles. The van der Waals surface area contributed by atoms with E-state index in [1.54, 1.807) is 0 Å². The fourth-order valence-corrected chi connectivity index (χ4v) is 4.40. The molecule has 0 aromatic carbocycles. The normalized spacial score (nSPS) is 39.0. The van der Waals surface area contributed by atoms with Gasteiger partial charge in [-0.2, -0.15) is 0 Å². The maximum Gasteiger partial charge on any atom is 0.302 e. The third kappa shape index (κ3) is 2.73. The van der Waals surface area contributed by atoms with Crippen molar-refractivity contribution in [3.8, 4) is 0 Å². The Balaban J connectivity index is 2.32. The fraction of sp³-hybridized carbons (Fsp3) is 0.824. The van der Waals surface area contributed by atoms with Gasteiger partial charge in [0.2, 0.25) is 0 Å². The highest BCUT2D eigenvalue weighted by molar-refractivity contribution is 5.66. The smallest absolute Gasteiger partial charge is 0.302 e. The third-order valence-corrected chi connectivity index (χ3v) is 5.39. The minimum absolute atomic E-state index is 0.0454. The van der Waals surface area contributed by atoms with Crippen LogP contribution < -0.4 is 0 Å². The first-order valence-electron chi connectivity index (χ1n) is 7.70. The van der Waals surface area contributed by atoms with Crippen molar-refractivity contribution in [1.82, 2.24) is 0 Å². The number of ether oxygens (including phenoxy) is 1. The highest BCUT2D eigenvalue weighted by Crippen LogP contribution is 2.55. The Morgan fingerprint density at radius 3 is 2.68 bits per heavy atom. The van der Waals surface area contributed by atoms with Crippen LogP contribution in [0.15, 0.2) is 12.2 Å². The minimum atomic E-state index is -0.140. The largest absolute Gasteiger partial charge is 0.462 e. The molecule has 0 amide bonds. The summed E-state index contributed by atoms with van der Waals surface area (Å²) in [6.07, 6.45) is 6.06. The van der Waals surface area contributed by atoms with Crippen molar-refractivity contribution >= 4 is 5.97 Å². The Labute approximate surface area is 117 Å². The molecule has 4 atom stereocenters. The summed E-state index contributed by atoms with van der Waals surface area (Å²) in [5.74, 6) is 1.27. The molecule has 0 heterocycles. The molecule has 2 nitrogen and oxygen atoms in total. The van der Waals surface area contributed by atoms with Crippen molar-refractivity contribution in [2.45, 2.75) is 65.9 Å². The van der Waals surface area contributed by atoms with Crippen LogP contribution in [-0.2, 0) is 9.53 Å². The molecule has 0 aliphatic heterocycles. The van der Waals surface area contributed by atoms with Crippen LogP contribution in [0, 0.1) is 23.2 Å². The Bertz CT molecular complexity index is 371. The maximum atomic E-state index is 11.5. The van der Waals surface area contributed by atoms with E-state index in [-0.39, 0.29) is 12.1 Å². The van der Waals surface area contributed by atoms with Crippen LogP contribution in [0.3, 0.4) is 0 Å². The summed E-state index contributed by atoms with van der Waals surface area (Å²) in [5, 5.41) is 0. The maximum absolute atomic E-state index is 11.5. The average Bonchev–Trinajstić information content (AvgIpc) is 2.27. The van der Waals surface area contributed by atoms with Crippen LogP contribution in [-0.4, -0.2) is 12.1 Å². The first-order valence-corrected chi connectivity index (χ1v) is 7.70. The zero-order chi connectivity index (χ0) is 14.2. The predicted molar refractivity (Wildman–Crippen MR) is 77.7 cm³/mol. The topological polar surface area (TPSA) is 26.3 Å². The van der Waals surface area contributed by atoms with Gasteiger partial charge in [-0.15, -0.1) is 0 Å². The van der Waals surface area contributed by atoms with Crippen molar-refractivity contribution in [3.63, 3.8) is 0 Å². The summed E-state index contributed by atoms with van der Waals surface area (Å²) in [6, 6.07) is 0. The van der Waals surface area contributed by atoms with Crippen LogP contribution in [0.5, 0.6) is 0 Å². The van der Waals surface area contributed by atoms with Gasteiger partial charge in [-0.05, 0) is 49.4 Å². The van der Waals surface area contributed by atoms with Crippen LogP contribution >= 0.6 is 0 Å². The van der Waals surface area contributed by atoms with Crippen LogP contribution in [0.2, 0.25) is 0 Å². The van der Waals surface area contributed by atoms with Gasteiger partial charge in [0.1, 0.15) is 6.10 Å². The van der Waals surface area contributed by atoms with E-state index in [0.717, 1.165) is 6.42 Å². The van der Waals surface area contributed by atoms with Crippen LogP contribution in [0.4, 0.5) is 0 Å². The van der Waals surface area contributed by atoms with Gasteiger partial charge in [-0.1, -0.05) is 32.9 Å². The predicted octanol–water partition coefficient (Wildman–Crippen LogP) is 4.35. The summed E-state index contributed by atoms with van der Waals surface area (Å²) in [6.45, 7) is 12.7. The molecule has 0 N–H and O–H groups in total. The van der Waals surface area contributed by atoms with Gasteiger partial charge in [0.05, 0.1) is 0 Å². The quantitative estimate of drug-likeness (QED) is 0.547. The number of carbonyl (C=O) groups excluding carboxylic acids is 1. The summed E-state index contributed by atoms with van der Waals surface area (Å²) < 4.78 is 5.77. The highest BCUT2D eigenvalue weighted by atomic mass is 16.5. The lowest BCUT2D eigenvalue weighted by Gasteiger charge is -2.53. The van der Waals surface area contributed by atoms with Gasteiger partial charge in [0.15, 0.2) is 0 Å². The SMILES string of the molecule is C=C1CCC[C@@]2(C)CC[C@@H](C(C)C)[C@H](OC(C)=O)[C@@H]12. The van der Waals surface area contributed by atoms with Crippen molar-refractivity contribution in [1.29, 1.82) is 0 Å². The zero-order valence-electron chi connectivity index (χ0n) is 12.9. The van der Waals surface area contributed by atoms with E-state index < -0.39 is 0 Å². The molecule has 0 bridgehead atoms.